The third-order valence-electron chi connectivity index (χ3n) is 2.55. The highest BCUT2D eigenvalue weighted by molar-refractivity contribution is 5.86. The van der Waals surface area contributed by atoms with Gasteiger partial charge in [-0.2, -0.15) is 0 Å². The van der Waals surface area contributed by atoms with Crippen LogP contribution in [-0.2, 0) is 9.53 Å². The van der Waals surface area contributed by atoms with Crippen molar-refractivity contribution in [1.29, 1.82) is 0 Å². The van der Waals surface area contributed by atoms with E-state index >= 15 is 0 Å². The highest BCUT2D eigenvalue weighted by Crippen LogP contribution is 2.03. The van der Waals surface area contributed by atoms with Gasteiger partial charge in [-0.25, -0.2) is 4.79 Å². The summed E-state index contributed by atoms with van der Waals surface area (Å²) in [4.78, 5) is 24.5. The van der Waals surface area contributed by atoms with Crippen LogP contribution in [0.3, 0.4) is 0 Å². The van der Waals surface area contributed by atoms with E-state index in [2.05, 4.69) is 5.32 Å². The predicted molar refractivity (Wildman–Crippen MR) is 58.7 cm³/mol. The number of morpholine rings is 1. The molecule has 6 nitrogen and oxygen atoms in total. The van der Waals surface area contributed by atoms with Gasteiger partial charge in [0.05, 0.1) is 13.2 Å². The van der Waals surface area contributed by atoms with E-state index in [1.54, 1.807) is 4.90 Å². The van der Waals surface area contributed by atoms with Gasteiger partial charge < -0.3 is 20.7 Å². The monoisotopic (exact) mass is 229 g/mol. The highest BCUT2D eigenvalue weighted by Gasteiger charge is 2.25. The van der Waals surface area contributed by atoms with Crippen LogP contribution in [-0.4, -0.2) is 49.2 Å². The molecule has 1 heterocycles. The lowest BCUT2D eigenvalue weighted by Gasteiger charge is -2.29. The standard InChI is InChI=1S/C10H19N3O3/c1-7(2)8(9(11)14)12-10(15)13-3-5-16-6-4-13/h7-8H,3-6H2,1-2H3,(H2,11,14)(H,12,15). The number of rotatable bonds is 3. The lowest BCUT2D eigenvalue weighted by Crippen LogP contribution is -2.54. The van der Waals surface area contributed by atoms with Gasteiger partial charge in [0.25, 0.3) is 0 Å². The van der Waals surface area contributed by atoms with Crippen molar-refractivity contribution in [2.24, 2.45) is 11.7 Å². The zero-order valence-corrected chi connectivity index (χ0v) is 9.73. The van der Waals surface area contributed by atoms with Gasteiger partial charge >= 0.3 is 6.03 Å². The molecule has 0 spiro atoms. The van der Waals surface area contributed by atoms with Gasteiger partial charge in [0.1, 0.15) is 6.04 Å². The molecule has 3 amide bonds. The SMILES string of the molecule is CC(C)C(NC(=O)N1CCOCC1)C(N)=O. The Bertz CT molecular complexity index is 262. The molecule has 3 N–H and O–H groups in total. The molecule has 1 aliphatic heterocycles. The maximum Gasteiger partial charge on any atom is 0.318 e. The summed E-state index contributed by atoms with van der Waals surface area (Å²) in [5.74, 6) is -0.515. The van der Waals surface area contributed by atoms with Crippen molar-refractivity contribution in [1.82, 2.24) is 10.2 Å². The number of urea groups is 1. The van der Waals surface area contributed by atoms with Gasteiger partial charge in [-0.15, -0.1) is 0 Å². The van der Waals surface area contributed by atoms with Crippen LogP contribution in [0.2, 0.25) is 0 Å². The fourth-order valence-electron chi connectivity index (χ4n) is 1.56. The van der Waals surface area contributed by atoms with Gasteiger partial charge in [-0.05, 0) is 5.92 Å². The number of hydrogen-bond donors (Lipinski definition) is 2. The van der Waals surface area contributed by atoms with Gasteiger partial charge in [0, 0.05) is 13.1 Å². The Hall–Kier alpha value is -1.30. The highest BCUT2D eigenvalue weighted by atomic mass is 16.5. The second-order valence-corrected chi connectivity index (χ2v) is 4.17. The largest absolute Gasteiger partial charge is 0.378 e. The maximum atomic E-state index is 11.8. The van der Waals surface area contributed by atoms with E-state index in [4.69, 9.17) is 10.5 Å². The molecule has 1 atom stereocenters. The third-order valence-corrected chi connectivity index (χ3v) is 2.55. The molecule has 1 unspecified atom stereocenters. The molecule has 16 heavy (non-hydrogen) atoms. The van der Waals surface area contributed by atoms with E-state index in [-0.39, 0.29) is 11.9 Å². The van der Waals surface area contributed by atoms with Crippen LogP contribution in [0.25, 0.3) is 0 Å². The Morgan fingerprint density at radius 1 is 1.31 bits per heavy atom. The fourth-order valence-corrected chi connectivity index (χ4v) is 1.56. The number of nitrogens with one attached hydrogen (secondary N) is 1. The maximum absolute atomic E-state index is 11.8. The van der Waals surface area contributed by atoms with E-state index in [0.29, 0.717) is 26.3 Å². The summed E-state index contributed by atoms with van der Waals surface area (Å²) in [6.45, 7) is 5.86. The lowest BCUT2D eigenvalue weighted by atomic mass is 10.0. The molecular formula is C10H19N3O3. The quantitative estimate of drug-likeness (QED) is 0.686. The number of primary amides is 1. The molecule has 0 saturated carbocycles. The Balaban J connectivity index is 2.50. The number of nitrogens with zero attached hydrogens (tertiary/aromatic N) is 1. The van der Waals surface area contributed by atoms with Gasteiger partial charge in [0.15, 0.2) is 0 Å². The summed E-state index contributed by atoms with van der Waals surface area (Å²) in [7, 11) is 0. The zero-order valence-electron chi connectivity index (χ0n) is 9.73. The summed E-state index contributed by atoms with van der Waals surface area (Å²) >= 11 is 0. The molecule has 1 aliphatic rings. The van der Waals surface area contributed by atoms with E-state index in [9.17, 15) is 9.59 Å². The smallest absolute Gasteiger partial charge is 0.318 e. The summed E-state index contributed by atoms with van der Waals surface area (Å²) in [6.07, 6.45) is 0. The minimum atomic E-state index is -0.615. The van der Waals surface area contributed by atoms with E-state index in [1.807, 2.05) is 13.8 Å². The Morgan fingerprint density at radius 2 is 1.88 bits per heavy atom. The molecular weight excluding hydrogens is 210 g/mol. The number of nitrogens with two attached hydrogens (primary N) is 1. The van der Waals surface area contributed by atoms with E-state index in [1.165, 1.54) is 0 Å². The molecule has 0 radical (unpaired) electrons. The molecule has 0 aliphatic carbocycles. The first-order chi connectivity index (χ1) is 7.52. The molecule has 0 aromatic heterocycles. The van der Waals surface area contributed by atoms with Crippen LogP contribution in [0.4, 0.5) is 4.79 Å². The normalized spacial score (nSPS) is 18.3. The molecule has 6 heteroatoms. The van der Waals surface area contributed by atoms with Crippen molar-refractivity contribution in [2.45, 2.75) is 19.9 Å². The Morgan fingerprint density at radius 3 is 2.31 bits per heavy atom. The molecule has 0 aromatic carbocycles. The number of ether oxygens (including phenoxy) is 1. The first-order valence-corrected chi connectivity index (χ1v) is 5.45. The predicted octanol–water partition coefficient (Wildman–Crippen LogP) is -0.462. The average molecular weight is 229 g/mol. The first-order valence-electron chi connectivity index (χ1n) is 5.45. The van der Waals surface area contributed by atoms with Gasteiger partial charge in [0.2, 0.25) is 5.91 Å². The summed E-state index contributed by atoms with van der Waals surface area (Å²) < 4.78 is 5.14. The minimum absolute atomic E-state index is 0.0116. The van der Waals surface area contributed by atoms with Crippen molar-refractivity contribution >= 4 is 11.9 Å². The molecule has 1 fully saturated rings. The second kappa shape index (κ2) is 5.69. The zero-order chi connectivity index (χ0) is 12.1. The minimum Gasteiger partial charge on any atom is -0.378 e. The van der Waals surface area contributed by atoms with E-state index < -0.39 is 11.9 Å². The summed E-state index contributed by atoms with van der Waals surface area (Å²) in [5.41, 5.74) is 5.22. The molecule has 92 valence electrons. The summed E-state index contributed by atoms with van der Waals surface area (Å²) in [5, 5.41) is 2.64. The van der Waals surface area contributed by atoms with Gasteiger partial charge in [-0.3, -0.25) is 4.79 Å². The number of carbonyl (C=O) groups is 2. The average Bonchev–Trinajstić information content (AvgIpc) is 2.25. The number of hydrogen-bond acceptors (Lipinski definition) is 3. The van der Waals surface area contributed by atoms with E-state index in [0.717, 1.165) is 0 Å². The van der Waals surface area contributed by atoms with Crippen LogP contribution in [0.1, 0.15) is 13.8 Å². The topological polar surface area (TPSA) is 84.7 Å². The Kier molecular flexibility index (Phi) is 4.54. The Labute approximate surface area is 95.1 Å². The van der Waals surface area contributed by atoms with Crippen LogP contribution in [0.5, 0.6) is 0 Å². The van der Waals surface area contributed by atoms with Crippen molar-refractivity contribution in [2.75, 3.05) is 26.3 Å². The summed E-state index contributed by atoms with van der Waals surface area (Å²) in [6, 6.07) is -0.865. The van der Waals surface area contributed by atoms with Crippen molar-refractivity contribution in [3.8, 4) is 0 Å². The van der Waals surface area contributed by atoms with Crippen LogP contribution >= 0.6 is 0 Å². The van der Waals surface area contributed by atoms with Gasteiger partial charge in [-0.1, -0.05) is 13.8 Å². The van der Waals surface area contributed by atoms with Crippen LogP contribution in [0.15, 0.2) is 0 Å². The molecule has 1 saturated heterocycles. The number of amides is 3. The fraction of sp³-hybridized carbons (Fsp3) is 0.800. The molecule has 0 aromatic rings. The van der Waals surface area contributed by atoms with Crippen LogP contribution < -0.4 is 11.1 Å². The van der Waals surface area contributed by atoms with Crippen molar-refractivity contribution in [3.05, 3.63) is 0 Å². The lowest BCUT2D eigenvalue weighted by molar-refractivity contribution is -0.120. The van der Waals surface area contributed by atoms with Crippen LogP contribution in [0, 0.1) is 5.92 Å². The second-order valence-electron chi connectivity index (χ2n) is 4.17. The molecule has 0 bridgehead atoms. The third kappa shape index (κ3) is 3.37. The van der Waals surface area contributed by atoms with Crippen molar-refractivity contribution in [3.63, 3.8) is 0 Å². The number of carbonyl (C=O) groups excluding carboxylic acids is 2. The molecule has 1 rings (SSSR count). The first kappa shape index (κ1) is 12.8. The van der Waals surface area contributed by atoms with Crippen molar-refractivity contribution < 1.29 is 14.3 Å².